The normalized spacial score (nSPS) is 21.3. The van der Waals surface area contributed by atoms with Gasteiger partial charge in [0.1, 0.15) is 0 Å². The lowest BCUT2D eigenvalue weighted by Crippen LogP contribution is -2.61. The maximum Gasteiger partial charge on any atom is 0.418 e. The van der Waals surface area contributed by atoms with Gasteiger partial charge < -0.3 is 0 Å². The highest BCUT2D eigenvalue weighted by molar-refractivity contribution is 9.10. The Labute approximate surface area is 138 Å². The predicted octanol–water partition coefficient (Wildman–Crippen LogP) is 4.66. The molecule has 0 saturated carbocycles. The number of halogens is 4. The molecule has 0 aromatic heterocycles. The summed E-state index contributed by atoms with van der Waals surface area (Å²) in [5.74, 6) is -0.555. The average molecular weight is 386 g/mol. The van der Waals surface area contributed by atoms with E-state index < -0.39 is 23.2 Å². The highest BCUT2D eigenvalue weighted by atomic mass is 79.9. The third kappa shape index (κ3) is 2.53. The number of para-hydroxylation sites is 1. The van der Waals surface area contributed by atoms with E-state index in [0.29, 0.717) is 15.1 Å². The van der Waals surface area contributed by atoms with E-state index in [1.165, 1.54) is 25.1 Å². The maximum absolute atomic E-state index is 13.1. The zero-order valence-corrected chi connectivity index (χ0v) is 13.5. The molecule has 1 saturated heterocycles. The Morgan fingerprint density at radius 1 is 1.09 bits per heavy atom. The van der Waals surface area contributed by atoms with Crippen LogP contribution < -0.4 is 5.06 Å². The van der Waals surface area contributed by atoms with Crippen molar-refractivity contribution in [2.24, 2.45) is 0 Å². The minimum atomic E-state index is -4.57. The fraction of sp³-hybridized carbons (Fsp3) is 0.188. The summed E-state index contributed by atoms with van der Waals surface area (Å²) in [4.78, 5) is 18.0. The van der Waals surface area contributed by atoms with Gasteiger partial charge in [-0.2, -0.15) is 18.2 Å². The molecule has 7 heteroatoms. The second-order valence-corrected chi connectivity index (χ2v) is 6.07. The third-order valence-corrected chi connectivity index (χ3v) is 4.37. The van der Waals surface area contributed by atoms with Gasteiger partial charge in [-0.3, -0.25) is 4.79 Å². The Bertz CT molecular complexity index is 778. The highest BCUT2D eigenvalue weighted by Gasteiger charge is 2.55. The number of carbonyl (C=O) groups excluding carboxylic acids is 1. The van der Waals surface area contributed by atoms with Crippen LogP contribution in [0.1, 0.15) is 18.1 Å². The van der Waals surface area contributed by atoms with E-state index in [1.54, 1.807) is 24.3 Å². The smallest absolute Gasteiger partial charge is 0.268 e. The molecule has 3 nitrogen and oxygen atoms in total. The molecule has 3 rings (SSSR count). The van der Waals surface area contributed by atoms with E-state index >= 15 is 0 Å². The summed E-state index contributed by atoms with van der Waals surface area (Å²) in [5, 5.41) is 0.697. The van der Waals surface area contributed by atoms with Crippen LogP contribution >= 0.6 is 15.9 Å². The number of hydroxylamine groups is 1. The van der Waals surface area contributed by atoms with Crippen LogP contribution in [0.4, 0.5) is 18.9 Å². The molecule has 0 radical (unpaired) electrons. The summed E-state index contributed by atoms with van der Waals surface area (Å²) < 4.78 is 39.9. The van der Waals surface area contributed by atoms with Crippen molar-refractivity contribution in [2.75, 3.05) is 5.06 Å². The van der Waals surface area contributed by atoms with Gasteiger partial charge in [0.25, 0.3) is 5.91 Å². The van der Waals surface area contributed by atoms with Crippen molar-refractivity contribution in [2.45, 2.75) is 18.7 Å². The van der Waals surface area contributed by atoms with Crippen molar-refractivity contribution in [1.29, 1.82) is 0 Å². The lowest BCUT2D eigenvalue weighted by atomic mass is 9.92. The van der Waals surface area contributed by atoms with Crippen molar-refractivity contribution in [3.05, 3.63) is 64.1 Å². The summed E-state index contributed by atoms with van der Waals surface area (Å²) in [6.45, 7) is 1.53. The zero-order valence-electron chi connectivity index (χ0n) is 11.9. The number of nitrogens with zero attached hydrogens (tertiary/aromatic N) is 1. The zero-order chi connectivity index (χ0) is 16.8. The first-order valence-corrected chi connectivity index (χ1v) is 7.49. The van der Waals surface area contributed by atoms with Gasteiger partial charge in [0.05, 0.1) is 11.3 Å². The Morgan fingerprint density at radius 2 is 1.70 bits per heavy atom. The van der Waals surface area contributed by atoms with Crippen molar-refractivity contribution >= 4 is 27.5 Å². The molecule has 0 spiro atoms. The molecule has 0 bridgehead atoms. The van der Waals surface area contributed by atoms with Crippen LogP contribution in [0.3, 0.4) is 0 Å². The molecule has 0 N–H and O–H groups in total. The second-order valence-electron chi connectivity index (χ2n) is 5.22. The molecule has 1 atom stereocenters. The van der Waals surface area contributed by atoms with Crippen LogP contribution in [0.15, 0.2) is 53.0 Å². The lowest BCUT2D eigenvalue weighted by Gasteiger charge is -2.46. The minimum absolute atomic E-state index is 0.311. The number of carbonyl (C=O) groups is 1. The van der Waals surface area contributed by atoms with Gasteiger partial charge in [-0.05, 0) is 25.1 Å². The van der Waals surface area contributed by atoms with Gasteiger partial charge in [-0.25, -0.2) is 4.84 Å². The lowest BCUT2D eigenvalue weighted by molar-refractivity contribution is -0.187. The molecule has 2 aromatic carbocycles. The number of rotatable bonds is 2. The van der Waals surface area contributed by atoms with Crippen molar-refractivity contribution < 1.29 is 22.8 Å². The maximum atomic E-state index is 13.1. The third-order valence-electron chi connectivity index (χ3n) is 3.68. The average Bonchev–Trinajstić information content (AvgIpc) is 2.51. The summed E-state index contributed by atoms with van der Waals surface area (Å²) in [7, 11) is 0. The second kappa shape index (κ2) is 5.35. The Balaban J connectivity index is 1.97. The van der Waals surface area contributed by atoms with E-state index in [0.717, 1.165) is 6.07 Å². The summed E-state index contributed by atoms with van der Waals surface area (Å²) in [5.41, 5.74) is -1.98. The van der Waals surface area contributed by atoms with Crippen LogP contribution in [0.5, 0.6) is 0 Å². The first-order valence-electron chi connectivity index (χ1n) is 6.70. The van der Waals surface area contributed by atoms with Gasteiger partial charge >= 0.3 is 6.18 Å². The van der Waals surface area contributed by atoms with Crippen LogP contribution in [-0.2, 0) is 21.4 Å². The molecule has 2 aromatic rings. The van der Waals surface area contributed by atoms with Crippen molar-refractivity contribution in [3.8, 4) is 0 Å². The number of alkyl halides is 3. The van der Waals surface area contributed by atoms with Gasteiger partial charge in [0.15, 0.2) is 0 Å². The summed E-state index contributed by atoms with van der Waals surface area (Å²) in [6.07, 6.45) is -4.57. The Kier molecular flexibility index (Phi) is 3.72. The fourth-order valence-electron chi connectivity index (χ4n) is 2.48. The number of anilines is 1. The van der Waals surface area contributed by atoms with Crippen LogP contribution in [0.25, 0.3) is 0 Å². The molecule has 1 heterocycles. The van der Waals surface area contributed by atoms with E-state index in [4.69, 9.17) is 4.84 Å². The molecule has 0 aliphatic carbocycles. The first kappa shape index (κ1) is 16.0. The molecular weight excluding hydrogens is 375 g/mol. The van der Waals surface area contributed by atoms with Gasteiger partial charge in [0.2, 0.25) is 5.60 Å². The summed E-state index contributed by atoms with van der Waals surface area (Å²) in [6, 6.07) is 11.8. The largest absolute Gasteiger partial charge is 0.418 e. The molecule has 1 amide bonds. The first-order chi connectivity index (χ1) is 10.7. The highest BCUT2D eigenvalue weighted by Crippen LogP contribution is 2.46. The molecule has 1 aliphatic rings. The van der Waals surface area contributed by atoms with Crippen LogP contribution in [-0.4, -0.2) is 5.91 Å². The van der Waals surface area contributed by atoms with E-state index in [1.807, 2.05) is 0 Å². The van der Waals surface area contributed by atoms with E-state index in [9.17, 15) is 18.0 Å². The molecule has 120 valence electrons. The van der Waals surface area contributed by atoms with Crippen LogP contribution in [0, 0.1) is 0 Å². The quantitative estimate of drug-likeness (QED) is 0.752. The molecule has 0 unspecified atom stereocenters. The predicted molar refractivity (Wildman–Crippen MR) is 81.5 cm³/mol. The molecule has 23 heavy (non-hydrogen) atoms. The van der Waals surface area contributed by atoms with Crippen molar-refractivity contribution in [3.63, 3.8) is 0 Å². The molecule has 1 fully saturated rings. The number of amides is 1. The number of hydrogen-bond acceptors (Lipinski definition) is 2. The number of hydrogen-bond donors (Lipinski definition) is 0. The fourth-order valence-corrected chi connectivity index (χ4v) is 3.14. The molecular formula is C16H11BrF3NO2. The van der Waals surface area contributed by atoms with Gasteiger partial charge in [-0.15, -0.1) is 0 Å². The van der Waals surface area contributed by atoms with E-state index in [2.05, 4.69) is 15.9 Å². The van der Waals surface area contributed by atoms with E-state index in [-0.39, 0.29) is 5.69 Å². The summed E-state index contributed by atoms with van der Waals surface area (Å²) >= 11 is 3.33. The van der Waals surface area contributed by atoms with Crippen molar-refractivity contribution in [1.82, 2.24) is 0 Å². The Hall–Kier alpha value is -1.86. The monoisotopic (exact) mass is 385 g/mol. The standard InChI is InChI=1S/C16H11BrF3NO2/c1-15(10-6-2-4-8-12(10)17)14(22)21(23-15)13-9-5-3-7-11(13)16(18,19)20/h2-9H,1H3/t15-/m0/s1. The van der Waals surface area contributed by atoms with Gasteiger partial charge in [0, 0.05) is 10.0 Å². The Morgan fingerprint density at radius 3 is 2.30 bits per heavy atom. The van der Waals surface area contributed by atoms with Crippen LogP contribution in [0.2, 0.25) is 0 Å². The SMILES string of the molecule is C[C@@]1(c2ccccc2Br)ON(c2ccccc2C(F)(F)F)C1=O. The topological polar surface area (TPSA) is 29.5 Å². The molecule has 1 aliphatic heterocycles. The van der Waals surface area contributed by atoms with Gasteiger partial charge in [-0.1, -0.05) is 46.3 Å². The number of benzene rings is 2. The minimum Gasteiger partial charge on any atom is -0.268 e.